The third kappa shape index (κ3) is 3.26. The van der Waals surface area contributed by atoms with E-state index in [4.69, 9.17) is 0 Å². The molecule has 18 heavy (non-hydrogen) atoms. The molecule has 1 fully saturated rings. The van der Waals surface area contributed by atoms with Crippen molar-refractivity contribution >= 4 is 0 Å². The average Bonchev–Trinajstić information content (AvgIpc) is 2.51. The van der Waals surface area contributed by atoms with Gasteiger partial charge in [0.05, 0.1) is 0 Å². The molecule has 0 saturated carbocycles. The molecule has 1 aromatic rings. The summed E-state index contributed by atoms with van der Waals surface area (Å²) < 4.78 is 0. The number of phenolic OH excluding ortho intramolecular Hbond substituents is 1. The molecule has 1 heterocycles. The highest BCUT2D eigenvalue weighted by Gasteiger charge is 2.14. The predicted octanol–water partition coefficient (Wildman–Crippen LogP) is 3.63. The van der Waals surface area contributed by atoms with Gasteiger partial charge in [0.25, 0.3) is 0 Å². The fourth-order valence-electron chi connectivity index (χ4n) is 2.88. The Bertz CT molecular complexity index is 391. The molecule has 2 heteroatoms. The fraction of sp³-hybridized carbons (Fsp3) is 0.625. The Morgan fingerprint density at radius 1 is 1.17 bits per heavy atom. The lowest BCUT2D eigenvalue weighted by Crippen LogP contribution is -2.24. The van der Waals surface area contributed by atoms with Crippen molar-refractivity contribution < 1.29 is 5.11 Å². The molecule has 100 valence electrons. The summed E-state index contributed by atoms with van der Waals surface area (Å²) in [5, 5.41) is 9.80. The number of hydrogen-bond acceptors (Lipinski definition) is 2. The van der Waals surface area contributed by atoms with E-state index in [0.717, 1.165) is 23.6 Å². The zero-order valence-electron chi connectivity index (χ0n) is 11.9. The zero-order chi connectivity index (χ0) is 13.1. The van der Waals surface area contributed by atoms with E-state index in [1.807, 2.05) is 13.8 Å². The lowest BCUT2D eigenvalue weighted by molar-refractivity contribution is 0.273. The molecule has 0 radical (unpaired) electrons. The van der Waals surface area contributed by atoms with Gasteiger partial charge in [-0.15, -0.1) is 0 Å². The van der Waals surface area contributed by atoms with Crippen LogP contribution in [-0.2, 0) is 6.54 Å². The molecule has 0 bridgehead atoms. The Hall–Kier alpha value is -1.02. The highest BCUT2D eigenvalue weighted by atomic mass is 16.3. The van der Waals surface area contributed by atoms with Crippen LogP contribution in [0, 0.1) is 19.8 Å². The molecule has 1 N–H and O–H groups in total. The van der Waals surface area contributed by atoms with Gasteiger partial charge in [0.1, 0.15) is 5.75 Å². The number of likely N-dealkylation sites (tertiary alicyclic amines) is 1. The monoisotopic (exact) mass is 247 g/mol. The van der Waals surface area contributed by atoms with Crippen LogP contribution in [0.2, 0.25) is 0 Å². The van der Waals surface area contributed by atoms with Crippen LogP contribution >= 0.6 is 0 Å². The van der Waals surface area contributed by atoms with Crippen molar-refractivity contribution in [2.24, 2.45) is 5.92 Å². The number of aromatic hydroxyl groups is 1. The van der Waals surface area contributed by atoms with Crippen LogP contribution in [0.4, 0.5) is 0 Å². The van der Waals surface area contributed by atoms with Gasteiger partial charge in [-0.2, -0.15) is 0 Å². The van der Waals surface area contributed by atoms with E-state index in [0.29, 0.717) is 5.75 Å². The maximum Gasteiger partial charge on any atom is 0.121 e. The molecule has 1 unspecified atom stereocenters. The van der Waals surface area contributed by atoms with Crippen molar-refractivity contribution in [2.75, 3.05) is 13.1 Å². The van der Waals surface area contributed by atoms with E-state index in [1.165, 1.54) is 37.9 Å². The summed E-state index contributed by atoms with van der Waals surface area (Å²) in [6.07, 6.45) is 4.00. The summed E-state index contributed by atoms with van der Waals surface area (Å²) in [5.41, 5.74) is 3.32. The maximum atomic E-state index is 9.80. The highest BCUT2D eigenvalue weighted by molar-refractivity contribution is 5.42. The van der Waals surface area contributed by atoms with Gasteiger partial charge >= 0.3 is 0 Å². The summed E-state index contributed by atoms with van der Waals surface area (Å²) in [4.78, 5) is 2.55. The lowest BCUT2D eigenvalue weighted by Gasteiger charge is -2.20. The summed E-state index contributed by atoms with van der Waals surface area (Å²) >= 11 is 0. The minimum atomic E-state index is 0.447. The Morgan fingerprint density at radius 3 is 2.50 bits per heavy atom. The molecule has 0 amide bonds. The maximum absolute atomic E-state index is 9.80. The number of aryl methyl sites for hydroxylation is 2. The molecule has 1 aromatic carbocycles. The van der Waals surface area contributed by atoms with Crippen molar-refractivity contribution in [1.82, 2.24) is 4.90 Å². The quantitative estimate of drug-likeness (QED) is 0.862. The molecular weight excluding hydrogens is 222 g/mol. The smallest absolute Gasteiger partial charge is 0.121 e. The number of benzene rings is 1. The van der Waals surface area contributed by atoms with Crippen LogP contribution in [0.1, 0.15) is 42.9 Å². The zero-order valence-corrected chi connectivity index (χ0v) is 11.9. The van der Waals surface area contributed by atoms with Gasteiger partial charge in [-0.05, 0) is 68.8 Å². The van der Waals surface area contributed by atoms with E-state index in [9.17, 15) is 5.11 Å². The molecule has 2 nitrogen and oxygen atoms in total. The Morgan fingerprint density at radius 2 is 1.83 bits per heavy atom. The van der Waals surface area contributed by atoms with Gasteiger partial charge in [-0.1, -0.05) is 19.1 Å². The van der Waals surface area contributed by atoms with Crippen LogP contribution < -0.4 is 0 Å². The van der Waals surface area contributed by atoms with E-state index >= 15 is 0 Å². The summed E-state index contributed by atoms with van der Waals surface area (Å²) in [6.45, 7) is 9.77. The number of rotatable bonds is 2. The molecule has 0 aliphatic carbocycles. The average molecular weight is 247 g/mol. The first-order chi connectivity index (χ1) is 8.56. The SMILES string of the molecule is Cc1cc(CN2CCCC(C)CC2)cc(C)c1O. The van der Waals surface area contributed by atoms with Crippen LogP contribution in [0.15, 0.2) is 12.1 Å². The van der Waals surface area contributed by atoms with Crippen molar-refractivity contribution in [3.8, 4) is 5.75 Å². The molecule has 1 aliphatic rings. The van der Waals surface area contributed by atoms with Crippen molar-refractivity contribution in [3.05, 3.63) is 28.8 Å². The highest BCUT2D eigenvalue weighted by Crippen LogP contribution is 2.24. The normalized spacial score (nSPS) is 21.8. The largest absolute Gasteiger partial charge is 0.507 e. The topological polar surface area (TPSA) is 23.5 Å². The van der Waals surface area contributed by atoms with Crippen LogP contribution in [0.25, 0.3) is 0 Å². The van der Waals surface area contributed by atoms with E-state index in [1.54, 1.807) is 0 Å². The lowest BCUT2D eigenvalue weighted by atomic mass is 10.0. The first-order valence-corrected chi connectivity index (χ1v) is 7.07. The first kappa shape index (κ1) is 13.4. The first-order valence-electron chi connectivity index (χ1n) is 7.07. The van der Waals surface area contributed by atoms with E-state index in [-0.39, 0.29) is 0 Å². The van der Waals surface area contributed by atoms with Crippen LogP contribution in [0.3, 0.4) is 0 Å². The molecule has 0 aromatic heterocycles. The number of hydrogen-bond donors (Lipinski definition) is 1. The van der Waals surface area contributed by atoms with Gasteiger partial charge in [0, 0.05) is 6.54 Å². The Labute approximate surface area is 111 Å². The van der Waals surface area contributed by atoms with Gasteiger partial charge in [-0.25, -0.2) is 0 Å². The van der Waals surface area contributed by atoms with Gasteiger partial charge in [0.15, 0.2) is 0 Å². The molecule has 1 atom stereocenters. The second-order valence-corrected chi connectivity index (χ2v) is 5.89. The van der Waals surface area contributed by atoms with Crippen LogP contribution in [0.5, 0.6) is 5.75 Å². The van der Waals surface area contributed by atoms with Gasteiger partial charge in [0.2, 0.25) is 0 Å². The second-order valence-electron chi connectivity index (χ2n) is 5.89. The molecular formula is C16H25NO. The fourth-order valence-corrected chi connectivity index (χ4v) is 2.88. The predicted molar refractivity (Wildman–Crippen MR) is 75.9 cm³/mol. The van der Waals surface area contributed by atoms with Crippen molar-refractivity contribution in [3.63, 3.8) is 0 Å². The number of nitrogens with zero attached hydrogens (tertiary/aromatic N) is 1. The number of phenols is 1. The molecule has 1 aliphatic heterocycles. The second kappa shape index (κ2) is 5.75. The van der Waals surface area contributed by atoms with Crippen LogP contribution in [-0.4, -0.2) is 23.1 Å². The minimum absolute atomic E-state index is 0.447. The van der Waals surface area contributed by atoms with Crippen molar-refractivity contribution in [1.29, 1.82) is 0 Å². The van der Waals surface area contributed by atoms with Crippen molar-refractivity contribution in [2.45, 2.75) is 46.6 Å². The molecule has 0 spiro atoms. The Kier molecular flexibility index (Phi) is 4.28. The summed E-state index contributed by atoms with van der Waals surface area (Å²) in [7, 11) is 0. The van der Waals surface area contributed by atoms with E-state index < -0.39 is 0 Å². The third-order valence-corrected chi connectivity index (χ3v) is 4.07. The van der Waals surface area contributed by atoms with Gasteiger partial charge in [-0.3, -0.25) is 4.90 Å². The summed E-state index contributed by atoms with van der Waals surface area (Å²) in [6, 6.07) is 4.24. The third-order valence-electron chi connectivity index (χ3n) is 4.07. The molecule has 1 saturated heterocycles. The van der Waals surface area contributed by atoms with E-state index in [2.05, 4.69) is 24.0 Å². The standard InChI is InChI=1S/C16H25NO/c1-12-5-4-7-17(8-6-12)11-15-9-13(2)16(18)14(3)10-15/h9-10,12,18H,4-8,11H2,1-3H3. The minimum Gasteiger partial charge on any atom is -0.507 e. The van der Waals surface area contributed by atoms with Gasteiger partial charge < -0.3 is 5.11 Å². The Balaban J connectivity index is 2.05. The molecule has 2 rings (SSSR count). The summed E-state index contributed by atoms with van der Waals surface area (Å²) in [5.74, 6) is 1.32.